The van der Waals surface area contributed by atoms with Crippen LogP contribution in [-0.4, -0.2) is 31.9 Å². The zero-order valence-electron chi connectivity index (χ0n) is 10.7. The molecule has 1 aromatic heterocycles. The van der Waals surface area contributed by atoms with Crippen molar-refractivity contribution >= 4 is 5.97 Å². The average Bonchev–Trinajstić information content (AvgIpc) is 2.64. The molecule has 6 nitrogen and oxygen atoms in total. The van der Waals surface area contributed by atoms with E-state index in [9.17, 15) is 4.79 Å². The number of rotatable bonds is 6. The Bertz CT molecular complexity index is 373. The lowest BCUT2D eigenvalue weighted by Gasteiger charge is -2.18. The van der Waals surface area contributed by atoms with Crippen molar-refractivity contribution in [1.82, 2.24) is 20.1 Å². The summed E-state index contributed by atoms with van der Waals surface area (Å²) in [6, 6.07) is -0.344. The van der Waals surface area contributed by atoms with Crippen LogP contribution in [0.15, 0.2) is 6.33 Å². The summed E-state index contributed by atoms with van der Waals surface area (Å²) >= 11 is 0. The summed E-state index contributed by atoms with van der Waals surface area (Å²) in [6.07, 6.45) is 1.49. The molecule has 1 aromatic rings. The lowest BCUT2D eigenvalue weighted by atomic mass is 10.1. The van der Waals surface area contributed by atoms with Gasteiger partial charge in [0.1, 0.15) is 18.2 Å². The molecule has 17 heavy (non-hydrogen) atoms. The summed E-state index contributed by atoms with van der Waals surface area (Å²) in [5, 5.41) is 16.1. The van der Waals surface area contributed by atoms with Crippen LogP contribution in [0.1, 0.15) is 39.6 Å². The summed E-state index contributed by atoms with van der Waals surface area (Å²) in [4.78, 5) is 15.1. The van der Waals surface area contributed by atoms with Crippen LogP contribution in [0.4, 0.5) is 0 Å². The number of carboxylic acid groups (broad SMARTS) is 1. The number of hydrogen-bond acceptors (Lipinski definition) is 4. The molecule has 0 aromatic carbocycles. The molecule has 2 N–H and O–H groups in total. The Labute approximate surface area is 101 Å². The molecule has 0 radical (unpaired) electrons. The maximum absolute atomic E-state index is 11.0. The molecule has 1 rings (SSSR count). The highest BCUT2D eigenvalue weighted by molar-refractivity contribution is 5.73. The number of carboxylic acids is 1. The van der Waals surface area contributed by atoms with Crippen LogP contribution in [0.25, 0.3) is 0 Å². The first-order valence-corrected chi connectivity index (χ1v) is 5.78. The minimum absolute atomic E-state index is 0.0305. The quantitative estimate of drug-likeness (QED) is 0.777. The van der Waals surface area contributed by atoms with E-state index in [-0.39, 0.29) is 12.0 Å². The van der Waals surface area contributed by atoms with Crippen LogP contribution in [0.5, 0.6) is 0 Å². The summed E-state index contributed by atoms with van der Waals surface area (Å²) in [6.45, 7) is 8.18. The first kappa shape index (κ1) is 13.6. The Kier molecular flexibility index (Phi) is 4.62. The van der Waals surface area contributed by atoms with Crippen molar-refractivity contribution in [2.24, 2.45) is 5.92 Å². The molecule has 6 heteroatoms. The maximum Gasteiger partial charge on any atom is 0.320 e. The van der Waals surface area contributed by atoms with E-state index in [1.165, 1.54) is 6.33 Å². The van der Waals surface area contributed by atoms with Gasteiger partial charge in [-0.1, -0.05) is 13.8 Å². The molecule has 0 saturated heterocycles. The van der Waals surface area contributed by atoms with E-state index in [4.69, 9.17) is 5.11 Å². The average molecular weight is 240 g/mol. The number of aliphatic carboxylic acids is 1. The fourth-order valence-corrected chi connectivity index (χ4v) is 1.64. The number of hydrogen-bond donors (Lipinski definition) is 2. The Balaban J connectivity index is 2.66. The molecule has 0 aliphatic carbocycles. The van der Waals surface area contributed by atoms with E-state index in [1.807, 2.05) is 27.7 Å². The largest absolute Gasteiger partial charge is 0.480 e. The third-order valence-electron chi connectivity index (χ3n) is 2.55. The molecule has 1 atom stereocenters. The predicted octanol–water partition coefficient (Wildman–Crippen LogP) is 1.06. The second-order valence-electron chi connectivity index (χ2n) is 4.66. The molecular weight excluding hydrogens is 220 g/mol. The lowest BCUT2D eigenvalue weighted by molar-refractivity contribution is -0.140. The molecule has 0 aliphatic rings. The van der Waals surface area contributed by atoms with Crippen molar-refractivity contribution in [2.45, 2.75) is 46.3 Å². The predicted molar refractivity (Wildman–Crippen MR) is 63.5 cm³/mol. The van der Waals surface area contributed by atoms with E-state index in [1.54, 1.807) is 4.68 Å². The minimum Gasteiger partial charge on any atom is -0.480 e. The van der Waals surface area contributed by atoms with Gasteiger partial charge in [-0.05, 0) is 19.8 Å². The number of aromatic nitrogens is 3. The summed E-state index contributed by atoms with van der Waals surface area (Å²) in [5.41, 5.74) is 0. The van der Waals surface area contributed by atoms with Gasteiger partial charge in [0.2, 0.25) is 0 Å². The van der Waals surface area contributed by atoms with Crippen molar-refractivity contribution in [3.63, 3.8) is 0 Å². The van der Waals surface area contributed by atoms with Gasteiger partial charge < -0.3 is 5.11 Å². The van der Waals surface area contributed by atoms with E-state index >= 15 is 0 Å². The van der Waals surface area contributed by atoms with Gasteiger partial charge >= 0.3 is 5.97 Å². The van der Waals surface area contributed by atoms with E-state index < -0.39 is 12.0 Å². The van der Waals surface area contributed by atoms with Crippen molar-refractivity contribution < 1.29 is 9.90 Å². The van der Waals surface area contributed by atoms with Crippen LogP contribution >= 0.6 is 0 Å². The highest BCUT2D eigenvalue weighted by Gasteiger charge is 2.21. The monoisotopic (exact) mass is 240 g/mol. The van der Waals surface area contributed by atoms with Gasteiger partial charge in [-0.3, -0.25) is 10.1 Å². The van der Waals surface area contributed by atoms with Crippen LogP contribution in [0.3, 0.4) is 0 Å². The second kappa shape index (κ2) is 5.77. The third-order valence-corrected chi connectivity index (χ3v) is 2.55. The highest BCUT2D eigenvalue weighted by Crippen LogP contribution is 2.07. The number of nitrogens with zero attached hydrogens (tertiary/aromatic N) is 3. The SMILES string of the molecule is CC(C)C(NCc1ncnn1C(C)C)C(=O)O. The zero-order chi connectivity index (χ0) is 13.0. The zero-order valence-corrected chi connectivity index (χ0v) is 10.7. The molecule has 0 bridgehead atoms. The standard InChI is InChI=1S/C11H20N4O2/c1-7(2)10(11(16)17)12-5-9-13-6-14-15(9)8(3)4/h6-8,10,12H,5H2,1-4H3,(H,16,17). The van der Waals surface area contributed by atoms with Gasteiger partial charge in [-0.15, -0.1) is 0 Å². The molecule has 0 aliphatic heterocycles. The Morgan fingerprint density at radius 2 is 2.12 bits per heavy atom. The third kappa shape index (κ3) is 3.52. The molecule has 0 amide bonds. The van der Waals surface area contributed by atoms with Crippen molar-refractivity contribution in [1.29, 1.82) is 0 Å². The smallest absolute Gasteiger partial charge is 0.320 e. The van der Waals surface area contributed by atoms with Gasteiger partial charge in [0.05, 0.1) is 6.54 Å². The Morgan fingerprint density at radius 3 is 2.59 bits per heavy atom. The van der Waals surface area contributed by atoms with Crippen LogP contribution in [0, 0.1) is 5.92 Å². The van der Waals surface area contributed by atoms with Gasteiger partial charge in [-0.2, -0.15) is 5.10 Å². The van der Waals surface area contributed by atoms with Crippen molar-refractivity contribution in [2.75, 3.05) is 0 Å². The first-order valence-electron chi connectivity index (χ1n) is 5.78. The summed E-state index contributed by atoms with van der Waals surface area (Å²) in [5.74, 6) is -0.0505. The fraction of sp³-hybridized carbons (Fsp3) is 0.727. The van der Waals surface area contributed by atoms with Crippen molar-refractivity contribution in [3.05, 3.63) is 12.2 Å². The first-order chi connectivity index (χ1) is 7.93. The van der Waals surface area contributed by atoms with Crippen molar-refractivity contribution in [3.8, 4) is 0 Å². The highest BCUT2D eigenvalue weighted by atomic mass is 16.4. The topological polar surface area (TPSA) is 80.0 Å². The molecule has 0 fully saturated rings. The number of carbonyl (C=O) groups is 1. The van der Waals surface area contributed by atoms with Gasteiger partial charge in [0, 0.05) is 6.04 Å². The number of nitrogens with one attached hydrogen (secondary N) is 1. The molecular formula is C11H20N4O2. The fourth-order valence-electron chi connectivity index (χ4n) is 1.64. The van der Waals surface area contributed by atoms with E-state index in [0.29, 0.717) is 6.54 Å². The second-order valence-corrected chi connectivity index (χ2v) is 4.66. The molecule has 0 saturated carbocycles. The van der Waals surface area contributed by atoms with Crippen LogP contribution in [-0.2, 0) is 11.3 Å². The molecule has 1 heterocycles. The minimum atomic E-state index is -0.837. The molecule has 96 valence electrons. The Morgan fingerprint density at radius 1 is 1.47 bits per heavy atom. The normalized spacial score (nSPS) is 13.3. The van der Waals surface area contributed by atoms with Crippen LogP contribution < -0.4 is 5.32 Å². The van der Waals surface area contributed by atoms with E-state index in [2.05, 4.69) is 15.4 Å². The van der Waals surface area contributed by atoms with Gasteiger partial charge in [0.25, 0.3) is 0 Å². The van der Waals surface area contributed by atoms with Gasteiger partial charge in [0.15, 0.2) is 0 Å². The van der Waals surface area contributed by atoms with E-state index in [0.717, 1.165) is 5.82 Å². The molecule has 0 spiro atoms. The molecule has 1 unspecified atom stereocenters. The summed E-state index contributed by atoms with van der Waals surface area (Å²) < 4.78 is 1.78. The van der Waals surface area contributed by atoms with Gasteiger partial charge in [-0.25, -0.2) is 9.67 Å². The maximum atomic E-state index is 11.0. The lowest BCUT2D eigenvalue weighted by Crippen LogP contribution is -2.41. The Hall–Kier alpha value is -1.43. The van der Waals surface area contributed by atoms with Crippen LogP contribution in [0.2, 0.25) is 0 Å². The summed E-state index contributed by atoms with van der Waals surface area (Å²) in [7, 11) is 0.